The summed E-state index contributed by atoms with van der Waals surface area (Å²) in [6.45, 7) is 5.57. The third-order valence-corrected chi connectivity index (χ3v) is 5.90. The van der Waals surface area contributed by atoms with Crippen molar-refractivity contribution < 1.29 is 9.47 Å². The van der Waals surface area contributed by atoms with Gasteiger partial charge in [-0.2, -0.15) is 0 Å². The maximum absolute atomic E-state index is 5.96. The molecule has 0 aromatic heterocycles. The topological polar surface area (TPSA) is 33.7 Å². The fourth-order valence-electron chi connectivity index (χ4n) is 3.97. The van der Waals surface area contributed by atoms with E-state index in [9.17, 15) is 0 Å². The van der Waals surface area contributed by atoms with Gasteiger partial charge in [0.25, 0.3) is 0 Å². The van der Waals surface area contributed by atoms with Crippen LogP contribution in [0.1, 0.15) is 36.8 Å². The predicted molar refractivity (Wildman–Crippen MR) is 131 cm³/mol. The van der Waals surface area contributed by atoms with Crippen LogP contribution >= 0.6 is 0 Å². The van der Waals surface area contributed by atoms with Crippen molar-refractivity contribution in [3.63, 3.8) is 0 Å². The predicted octanol–water partition coefficient (Wildman–Crippen LogP) is 6.13. The van der Waals surface area contributed by atoms with Crippen molar-refractivity contribution >= 4 is 5.69 Å². The van der Waals surface area contributed by atoms with Crippen molar-refractivity contribution in [2.45, 2.75) is 38.8 Å². The van der Waals surface area contributed by atoms with Crippen LogP contribution in [0.3, 0.4) is 0 Å². The van der Waals surface area contributed by atoms with Gasteiger partial charge >= 0.3 is 0 Å². The zero-order chi connectivity index (χ0) is 21.8. The SMILES string of the molecule is c1ccc(COc2ccc(NCc3ccc(OCCN4CCCCCC4)cc3)cc2)cc1. The van der Waals surface area contributed by atoms with Gasteiger partial charge in [-0.15, -0.1) is 0 Å². The fourth-order valence-corrected chi connectivity index (χ4v) is 3.97. The number of hydrogen-bond acceptors (Lipinski definition) is 4. The molecule has 168 valence electrons. The van der Waals surface area contributed by atoms with E-state index in [1.54, 1.807) is 0 Å². The van der Waals surface area contributed by atoms with Crippen LogP contribution in [0.4, 0.5) is 5.69 Å². The molecule has 0 amide bonds. The molecule has 0 unspecified atom stereocenters. The Labute approximate surface area is 192 Å². The van der Waals surface area contributed by atoms with Gasteiger partial charge in [0.1, 0.15) is 24.7 Å². The summed E-state index contributed by atoms with van der Waals surface area (Å²) in [7, 11) is 0. The summed E-state index contributed by atoms with van der Waals surface area (Å²) in [6, 6.07) is 26.7. The Morgan fingerprint density at radius 1 is 0.656 bits per heavy atom. The molecule has 1 fully saturated rings. The zero-order valence-electron chi connectivity index (χ0n) is 18.8. The molecule has 0 radical (unpaired) electrons. The van der Waals surface area contributed by atoms with Crippen molar-refractivity contribution in [3.05, 3.63) is 90.0 Å². The van der Waals surface area contributed by atoms with Crippen molar-refractivity contribution in [2.75, 3.05) is 31.6 Å². The molecular weight excluding hydrogens is 396 g/mol. The lowest BCUT2D eigenvalue weighted by molar-refractivity contribution is 0.214. The molecule has 4 nitrogen and oxygen atoms in total. The highest BCUT2D eigenvalue weighted by Crippen LogP contribution is 2.19. The van der Waals surface area contributed by atoms with Gasteiger partial charge in [-0.25, -0.2) is 0 Å². The zero-order valence-corrected chi connectivity index (χ0v) is 18.8. The number of nitrogens with zero attached hydrogens (tertiary/aromatic N) is 1. The standard InChI is InChI=1S/C28H34N2O2/c1-2-7-19-30(18-6-1)20-21-31-27-14-10-24(11-15-27)22-29-26-12-16-28(17-13-26)32-23-25-8-4-3-5-9-25/h3-5,8-17,29H,1-2,6-7,18-23H2. The minimum Gasteiger partial charge on any atom is -0.492 e. The van der Waals surface area contributed by atoms with Gasteiger partial charge in [0.15, 0.2) is 0 Å². The minimum atomic E-state index is 0.583. The Bertz CT molecular complexity index is 902. The molecule has 0 atom stereocenters. The van der Waals surface area contributed by atoms with Crippen molar-refractivity contribution in [3.8, 4) is 11.5 Å². The quantitative estimate of drug-likeness (QED) is 0.419. The Morgan fingerprint density at radius 2 is 1.31 bits per heavy atom. The summed E-state index contributed by atoms with van der Waals surface area (Å²) in [5, 5.41) is 3.47. The summed E-state index contributed by atoms with van der Waals surface area (Å²) in [5.41, 5.74) is 3.48. The number of nitrogens with one attached hydrogen (secondary N) is 1. The highest BCUT2D eigenvalue weighted by Gasteiger charge is 2.08. The second kappa shape index (κ2) is 12.2. The molecule has 3 aromatic carbocycles. The number of anilines is 1. The molecule has 0 saturated carbocycles. The first kappa shape index (κ1) is 22.2. The van der Waals surface area contributed by atoms with Crippen molar-refractivity contribution in [1.29, 1.82) is 0 Å². The van der Waals surface area contributed by atoms with E-state index in [1.165, 1.54) is 49.9 Å². The van der Waals surface area contributed by atoms with Crippen LogP contribution in [-0.4, -0.2) is 31.1 Å². The molecule has 3 aromatic rings. The molecule has 32 heavy (non-hydrogen) atoms. The summed E-state index contributed by atoms with van der Waals surface area (Å²) in [5.74, 6) is 1.82. The van der Waals surface area contributed by atoms with Gasteiger partial charge in [0, 0.05) is 18.8 Å². The van der Waals surface area contributed by atoms with E-state index in [-0.39, 0.29) is 0 Å². The molecule has 1 heterocycles. The summed E-state index contributed by atoms with van der Waals surface area (Å²) in [4.78, 5) is 2.53. The third-order valence-electron chi connectivity index (χ3n) is 5.90. The van der Waals surface area contributed by atoms with Crippen LogP contribution in [0.2, 0.25) is 0 Å². The Morgan fingerprint density at radius 3 is 2.03 bits per heavy atom. The van der Waals surface area contributed by atoms with Crippen molar-refractivity contribution in [1.82, 2.24) is 4.90 Å². The molecule has 0 bridgehead atoms. The molecule has 0 aliphatic carbocycles. The molecule has 1 aliphatic heterocycles. The molecule has 4 heteroatoms. The first-order valence-corrected chi connectivity index (χ1v) is 11.8. The lowest BCUT2D eigenvalue weighted by Crippen LogP contribution is -2.29. The molecular formula is C28H34N2O2. The minimum absolute atomic E-state index is 0.583. The lowest BCUT2D eigenvalue weighted by Gasteiger charge is -2.19. The molecule has 1 N–H and O–H groups in total. The maximum atomic E-state index is 5.96. The van der Waals surface area contributed by atoms with E-state index in [2.05, 4.69) is 58.7 Å². The lowest BCUT2D eigenvalue weighted by atomic mass is 10.2. The van der Waals surface area contributed by atoms with Gasteiger partial charge in [-0.3, -0.25) is 4.90 Å². The number of benzene rings is 3. The first-order valence-electron chi connectivity index (χ1n) is 11.8. The largest absolute Gasteiger partial charge is 0.492 e. The highest BCUT2D eigenvalue weighted by molar-refractivity contribution is 5.47. The fraction of sp³-hybridized carbons (Fsp3) is 0.357. The van der Waals surface area contributed by atoms with E-state index in [0.717, 1.165) is 36.9 Å². The normalized spacial score (nSPS) is 14.5. The summed E-state index contributed by atoms with van der Waals surface area (Å²) < 4.78 is 11.8. The number of likely N-dealkylation sites (tertiary alicyclic amines) is 1. The third kappa shape index (κ3) is 7.31. The van der Waals surface area contributed by atoms with Crippen LogP contribution in [-0.2, 0) is 13.2 Å². The van der Waals surface area contributed by atoms with Crippen LogP contribution in [0, 0.1) is 0 Å². The molecule has 1 aliphatic rings. The van der Waals surface area contributed by atoms with Crippen LogP contribution in [0.25, 0.3) is 0 Å². The summed E-state index contributed by atoms with van der Waals surface area (Å²) >= 11 is 0. The van der Waals surface area contributed by atoms with E-state index in [0.29, 0.717) is 6.61 Å². The number of ether oxygens (including phenoxy) is 2. The van der Waals surface area contributed by atoms with Crippen LogP contribution in [0.5, 0.6) is 11.5 Å². The van der Waals surface area contributed by atoms with Gasteiger partial charge in [0.2, 0.25) is 0 Å². The first-order chi connectivity index (χ1) is 15.8. The van der Waals surface area contributed by atoms with E-state index < -0.39 is 0 Å². The van der Waals surface area contributed by atoms with Gasteiger partial charge in [0.05, 0.1) is 0 Å². The number of rotatable bonds is 10. The van der Waals surface area contributed by atoms with E-state index >= 15 is 0 Å². The van der Waals surface area contributed by atoms with Gasteiger partial charge in [-0.1, -0.05) is 55.3 Å². The Kier molecular flexibility index (Phi) is 8.44. The monoisotopic (exact) mass is 430 g/mol. The highest BCUT2D eigenvalue weighted by atomic mass is 16.5. The second-order valence-corrected chi connectivity index (χ2v) is 8.40. The Balaban J connectivity index is 1.17. The van der Waals surface area contributed by atoms with Crippen LogP contribution in [0.15, 0.2) is 78.9 Å². The van der Waals surface area contributed by atoms with E-state index in [1.807, 2.05) is 30.3 Å². The maximum Gasteiger partial charge on any atom is 0.119 e. The summed E-state index contributed by atoms with van der Waals surface area (Å²) in [6.07, 6.45) is 5.40. The second-order valence-electron chi connectivity index (χ2n) is 8.40. The van der Waals surface area contributed by atoms with E-state index in [4.69, 9.17) is 9.47 Å². The van der Waals surface area contributed by atoms with Gasteiger partial charge in [-0.05, 0) is 73.5 Å². The molecule has 4 rings (SSSR count). The smallest absolute Gasteiger partial charge is 0.119 e. The average molecular weight is 431 g/mol. The number of hydrogen-bond donors (Lipinski definition) is 1. The van der Waals surface area contributed by atoms with Crippen molar-refractivity contribution in [2.24, 2.45) is 0 Å². The molecule has 0 spiro atoms. The Hall–Kier alpha value is -2.98. The van der Waals surface area contributed by atoms with Gasteiger partial charge < -0.3 is 14.8 Å². The average Bonchev–Trinajstić information content (AvgIpc) is 3.12. The molecule has 1 saturated heterocycles. The van der Waals surface area contributed by atoms with Crippen LogP contribution < -0.4 is 14.8 Å².